The van der Waals surface area contributed by atoms with Gasteiger partial charge in [-0.05, 0) is 24.0 Å². The molecule has 0 aromatic rings. The van der Waals surface area contributed by atoms with Gasteiger partial charge in [0, 0.05) is 46.9 Å². The summed E-state index contributed by atoms with van der Waals surface area (Å²) in [6.45, 7) is 9.66. The van der Waals surface area contributed by atoms with Crippen LogP contribution in [0.15, 0.2) is 48.1 Å². The van der Waals surface area contributed by atoms with Gasteiger partial charge in [0.05, 0.1) is 0 Å². The van der Waals surface area contributed by atoms with Crippen molar-refractivity contribution in [3.8, 4) is 0 Å². The van der Waals surface area contributed by atoms with E-state index in [0.29, 0.717) is 5.57 Å². The first-order chi connectivity index (χ1) is 8.54. The van der Waals surface area contributed by atoms with Gasteiger partial charge in [-0.3, -0.25) is 0 Å². The Morgan fingerprint density at radius 3 is 2.33 bits per heavy atom. The smallest absolute Gasteiger partial charge is 0.178 e. The first kappa shape index (κ1) is 14.0. The van der Waals surface area contributed by atoms with Crippen molar-refractivity contribution in [3.63, 3.8) is 0 Å². The topological polar surface area (TPSA) is 43.7 Å². The second-order valence-corrected chi connectivity index (χ2v) is 6.14. The third kappa shape index (κ3) is 2.22. The molecule has 1 aliphatic heterocycles. The van der Waals surface area contributed by atoms with Crippen molar-refractivity contribution in [2.24, 2.45) is 5.41 Å². The lowest BCUT2D eigenvalue weighted by molar-refractivity contribution is -0.00580. The lowest BCUT2D eigenvalue weighted by Gasteiger charge is -2.37. The molecule has 18 heavy (non-hydrogen) atoms. The van der Waals surface area contributed by atoms with Crippen LogP contribution in [0.25, 0.3) is 0 Å². The number of halogens is 1. The van der Waals surface area contributed by atoms with Gasteiger partial charge in [-0.25, -0.2) is 3.11 Å². The van der Waals surface area contributed by atoms with Crippen LogP contribution in [0.2, 0.25) is 0 Å². The molecule has 1 spiro atoms. The van der Waals surface area contributed by atoms with E-state index in [1.807, 2.05) is 12.2 Å². The van der Waals surface area contributed by atoms with E-state index in [1.165, 1.54) is 0 Å². The fourth-order valence-electron chi connectivity index (χ4n) is 2.92. The number of aliphatic hydroxyl groups excluding tert-OH is 1. The maximum absolute atomic E-state index is 9.49. The van der Waals surface area contributed by atoms with E-state index in [9.17, 15) is 10.2 Å². The summed E-state index contributed by atoms with van der Waals surface area (Å²) in [5.74, 6) is 0. The molecule has 2 N–H and O–H groups in total. The molecular formula is C14H18INO2. The van der Waals surface area contributed by atoms with Crippen molar-refractivity contribution in [2.45, 2.75) is 19.1 Å². The average molecular weight is 359 g/mol. The van der Waals surface area contributed by atoms with E-state index in [4.69, 9.17) is 0 Å². The monoisotopic (exact) mass is 359 g/mol. The van der Waals surface area contributed by atoms with Gasteiger partial charge in [0.15, 0.2) is 6.29 Å². The van der Waals surface area contributed by atoms with E-state index in [2.05, 4.69) is 39.1 Å². The fourth-order valence-corrected chi connectivity index (χ4v) is 3.41. The summed E-state index contributed by atoms with van der Waals surface area (Å²) in [6, 6.07) is 0. The highest BCUT2D eigenvalue weighted by Gasteiger charge is 2.41. The van der Waals surface area contributed by atoms with Crippen molar-refractivity contribution >= 4 is 22.9 Å². The van der Waals surface area contributed by atoms with E-state index in [1.54, 1.807) is 6.08 Å². The molecule has 0 amide bonds. The Morgan fingerprint density at radius 1 is 1.28 bits per heavy atom. The maximum Gasteiger partial charge on any atom is 0.178 e. The van der Waals surface area contributed by atoms with Gasteiger partial charge >= 0.3 is 0 Å². The number of nitrogens with zero attached hydrogens (tertiary/aromatic N) is 1. The van der Waals surface area contributed by atoms with Crippen LogP contribution in [0, 0.1) is 5.41 Å². The molecule has 3 nitrogen and oxygen atoms in total. The molecule has 1 aliphatic carbocycles. The lowest BCUT2D eigenvalue weighted by atomic mass is 9.74. The second-order valence-electron chi connectivity index (χ2n) is 4.77. The highest BCUT2D eigenvalue weighted by atomic mass is 127. The molecule has 0 aromatic heterocycles. The molecule has 98 valence electrons. The van der Waals surface area contributed by atoms with Gasteiger partial charge in [0.2, 0.25) is 0 Å². The standard InChI is InChI=1S/C14H18INO2/c1-3-10-11(13(17)18)9-14(12(10)4-2)5-7-16(15)8-6-14/h3-4,9,13,17-18H,1-2,5-8H2. The molecule has 4 heteroatoms. The van der Waals surface area contributed by atoms with E-state index in [-0.39, 0.29) is 5.41 Å². The largest absolute Gasteiger partial charge is 0.364 e. The van der Waals surface area contributed by atoms with Gasteiger partial charge in [-0.1, -0.05) is 31.4 Å². The Morgan fingerprint density at radius 2 is 1.89 bits per heavy atom. The predicted molar refractivity (Wildman–Crippen MR) is 81.0 cm³/mol. The van der Waals surface area contributed by atoms with Crippen LogP contribution in [0.3, 0.4) is 0 Å². The summed E-state index contributed by atoms with van der Waals surface area (Å²) >= 11 is 2.33. The highest BCUT2D eigenvalue weighted by Crippen LogP contribution is 2.49. The normalized spacial score (nSPS) is 23.7. The molecule has 2 rings (SSSR count). The average Bonchev–Trinajstić information content (AvgIpc) is 2.67. The Labute approximate surface area is 122 Å². The molecular weight excluding hydrogens is 341 g/mol. The van der Waals surface area contributed by atoms with Gasteiger partial charge in [0.25, 0.3) is 0 Å². The van der Waals surface area contributed by atoms with Crippen LogP contribution < -0.4 is 0 Å². The number of aliphatic hydroxyl groups is 2. The van der Waals surface area contributed by atoms with Crippen LogP contribution in [0.4, 0.5) is 0 Å². The van der Waals surface area contributed by atoms with Crippen LogP contribution in [-0.2, 0) is 0 Å². The molecule has 2 aliphatic rings. The van der Waals surface area contributed by atoms with Crippen molar-refractivity contribution in [3.05, 3.63) is 48.1 Å². The minimum absolute atomic E-state index is 0.0913. The number of allylic oxidation sites excluding steroid dienone is 4. The molecule has 0 saturated carbocycles. The molecule has 0 bridgehead atoms. The first-order valence-corrected chi connectivity index (χ1v) is 7.00. The fraction of sp³-hybridized carbons (Fsp3) is 0.429. The Balaban J connectivity index is 2.45. The number of hydrogen-bond acceptors (Lipinski definition) is 3. The van der Waals surface area contributed by atoms with Crippen molar-refractivity contribution in [1.82, 2.24) is 3.11 Å². The summed E-state index contributed by atoms with van der Waals surface area (Å²) in [5.41, 5.74) is 2.40. The lowest BCUT2D eigenvalue weighted by Crippen LogP contribution is -2.34. The summed E-state index contributed by atoms with van der Waals surface area (Å²) in [5, 5.41) is 19.0. The summed E-state index contributed by atoms with van der Waals surface area (Å²) in [6.07, 6.45) is 6.06. The van der Waals surface area contributed by atoms with Crippen molar-refractivity contribution in [1.29, 1.82) is 0 Å². The summed E-state index contributed by atoms with van der Waals surface area (Å²) < 4.78 is 2.26. The number of piperidine rings is 1. The van der Waals surface area contributed by atoms with Crippen LogP contribution >= 0.6 is 22.9 Å². The predicted octanol–water partition coefficient (Wildman–Crippen LogP) is 2.34. The molecule has 0 radical (unpaired) electrons. The maximum atomic E-state index is 9.49. The van der Waals surface area contributed by atoms with Gasteiger partial charge in [-0.2, -0.15) is 0 Å². The van der Waals surface area contributed by atoms with Gasteiger partial charge < -0.3 is 10.2 Å². The summed E-state index contributed by atoms with van der Waals surface area (Å²) in [7, 11) is 0. The van der Waals surface area contributed by atoms with Crippen LogP contribution in [-0.4, -0.2) is 32.7 Å². The zero-order valence-electron chi connectivity index (χ0n) is 10.3. The Kier molecular flexibility index (Phi) is 4.11. The van der Waals surface area contributed by atoms with Gasteiger partial charge in [-0.15, -0.1) is 0 Å². The van der Waals surface area contributed by atoms with E-state index >= 15 is 0 Å². The van der Waals surface area contributed by atoms with Gasteiger partial charge in [0.1, 0.15) is 0 Å². The van der Waals surface area contributed by atoms with Crippen LogP contribution in [0.1, 0.15) is 12.8 Å². The molecule has 0 unspecified atom stereocenters. The minimum Gasteiger partial charge on any atom is -0.364 e. The quantitative estimate of drug-likeness (QED) is 0.462. The second kappa shape index (κ2) is 5.28. The number of rotatable bonds is 3. The number of hydrogen-bond donors (Lipinski definition) is 2. The highest BCUT2D eigenvalue weighted by molar-refractivity contribution is 14.1. The molecule has 1 heterocycles. The molecule has 0 atom stereocenters. The van der Waals surface area contributed by atoms with E-state index < -0.39 is 6.29 Å². The van der Waals surface area contributed by atoms with Crippen molar-refractivity contribution in [2.75, 3.05) is 13.1 Å². The third-order valence-electron chi connectivity index (χ3n) is 3.86. The minimum atomic E-state index is -1.44. The summed E-state index contributed by atoms with van der Waals surface area (Å²) in [4.78, 5) is 0. The SMILES string of the molecule is C=CC1=C(C=C)C2(C=C1C(O)O)CCN(I)CC2. The first-order valence-electron chi connectivity index (χ1n) is 6.03. The zero-order valence-corrected chi connectivity index (χ0v) is 12.4. The Hall–Kier alpha value is -0.430. The third-order valence-corrected chi connectivity index (χ3v) is 4.82. The van der Waals surface area contributed by atoms with Crippen LogP contribution in [0.5, 0.6) is 0 Å². The zero-order chi connectivity index (χ0) is 13.3. The molecule has 0 aromatic carbocycles. The van der Waals surface area contributed by atoms with Crippen molar-refractivity contribution < 1.29 is 10.2 Å². The Bertz CT molecular complexity index is 429. The van der Waals surface area contributed by atoms with E-state index in [0.717, 1.165) is 37.1 Å². The molecule has 1 saturated heterocycles. The molecule has 1 fully saturated rings.